The van der Waals surface area contributed by atoms with Gasteiger partial charge in [0.05, 0.1) is 5.84 Å². The average Bonchev–Trinajstić information content (AvgIpc) is 2.33. The van der Waals surface area contributed by atoms with E-state index in [9.17, 15) is 0 Å². The van der Waals surface area contributed by atoms with Crippen molar-refractivity contribution in [3.05, 3.63) is 0 Å². The van der Waals surface area contributed by atoms with Gasteiger partial charge in [0.25, 0.3) is 0 Å². The van der Waals surface area contributed by atoms with E-state index in [0.29, 0.717) is 12.0 Å². The SMILES string of the molecule is CC(C)C(C)N1CCCC1=N. The Kier molecular flexibility index (Phi) is 2.53. The molecule has 2 nitrogen and oxygen atoms in total. The summed E-state index contributed by atoms with van der Waals surface area (Å²) in [5.41, 5.74) is 0. The van der Waals surface area contributed by atoms with Crippen LogP contribution in [0, 0.1) is 11.3 Å². The van der Waals surface area contributed by atoms with E-state index in [1.807, 2.05) is 0 Å². The van der Waals surface area contributed by atoms with E-state index in [0.717, 1.165) is 18.8 Å². The van der Waals surface area contributed by atoms with Crippen LogP contribution in [0.1, 0.15) is 33.6 Å². The summed E-state index contributed by atoms with van der Waals surface area (Å²) in [5.74, 6) is 1.50. The summed E-state index contributed by atoms with van der Waals surface area (Å²) >= 11 is 0. The Morgan fingerprint density at radius 2 is 2.00 bits per heavy atom. The van der Waals surface area contributed by atoms with Crippen LogP contribution in [-0.2, 0) is 0 Å². The third kappa shape index (κ3) is 1.73. The van der Waals surface area contributed by atoms with Crippen molar-refractivity contribution in [1.29, 1.82) is 5.41 Å². The summed E-state index contributed by atoms with van der Waals surface area (Å²) in [6, 6.07) is 0.546. The lowest BCUT2D eigenvalue weighted by atomic mass is 10.1. The van der Waals surface area contributed by atoms with E-state index in [1.54, 1.807) is 0 Å². The predicted octanol–water partition coefficient (Wildman–Crippen LogP) is 2.10. The Bertz CT molecular complexity index is 152. The van der Waals surface area contributed by atoms with Crippen LogP contribution in [0.3, 0.4) is 0 Å². The Morgan fingerprint density at radius 1 is 1.36 bits per heavy atom. The Labute approximate surface area is 69.1 Å². The molecule has 1 unspecified atom stereocenters. The Hall–Kier alpha value is -0.530. The molecule has 1 saturated heterocycles. The topological polar surface area (TPSA) is 27.1 Å². The number of likely N-dealkylation sites (tertiary alicyclic amines) is 1. The van der Waals surface area contributed by atoms with Gasteiger partial charge in [0, 0.05) is 19.0 Å². The van der Waals surface area contributed by atoms with Gasteiger partial charge in [-0.25, -0.2) is 0 Å². The zero-order valence-electron chi connectivity index (χ0n) is 7.72. The highest BCUT2D eigenvalue weighted by Crippen LogP contribution is 2.18. The highest BCUT2D eigenvalue weighted by Gasteiger charge is 2.23. The molecule has 1 fully saturated rings. The molecular formula is C9H18N2. The number of nitrogens with one attached hydrogen (secondary N) is 1. The first-order chi connectivity index (χ1) is 5.13. The van der Waals surface area contributed by atoms with Crippen LogP contribution >= 0.6 is 0 Å². The van der Waals surface area contributed by atoms with Crippen LogP contribution in [0.15, 0.2) is 0 Å². The predicted molar refractivity (Wildman–Crippen MR) is 48.0 cm³/mol. The maximum Gasteiger partial charge on any atom is 0.0960 e. The largest absolute Gasteiger partial charge is 0.358 e. The van der Waals surface area contributed by atoms with Gasteiger partial charge in [0.1, 0.15) is 0 Å². The van der Waals surface area contributed by atoms with E-state index in [4.69, 9.17) is 5.41 Å². The minimum Gasteiger partial charge on any atom is -0.358 e. The quantitative estimate of drug-likeness (QED) is 0.648. The molecule has 0 aromatic heterocycles. The van der Waals surface area contributed by atoms with Gasteiger partial charge >= 0.3 is 0 Å². The molecule has 11 heavy (non-hydrogen) atoms. The summed E-state index contributed by atoms with van der Waals surface area (Å²) in [5, 5.41) is 7.66. The van der Waals surface area contributed by atoms with Crippen molar-refractivity contribution < 1.29 is 0 Å². The van der Waals surface area contributed by atoms with Crippen molar-refractivity contribution in [2.75, 3.05) is 6.54 Å². The van der Waals surface area contributed by atoms with Gasteiger partial charge in [0.2, 0.25) is 0 Å². The lowest BCUT2D eigenvalue weighted by molar-refractivity contribution is 0.283. The lowest BCUT2D eigenvalue weighted by Crippen LogP contribution is -2.37. The van der Waals surface area contributed by atoms with Gasteiger partial charge in [-0.1, -0.05) is 13.8 Å². The van der Waals surface area contributed by atoms with Crippen molar-refractivity contribution >= 4 is 5.84 Å². The number of amidine groups is 1. The van der Waals surface area contributed by atoms with Crippen LogP contribution in [-0.4, -0.2) is 23.3 Å². The molecule has 0 radical (unpaired) electrons. The zero-order chi connectivity index (χ0) is 8.43. The van der Waals surface area contributed by atoms with E-state index in [1.165, 1.54) is 6.42 Å². The Balaban J connectivity index is 2.52. The second kappa shape index (κ2) is 3.24. The molecule has 0 saturated carbocycles. The molecule has 1 heterocycles. The maximum absolute atomic E-state index is 7.66. The summed E-state index contributed by atoms with van der Waals surface area (Å²) in [6.07, 6.45) is 2.16. The summed E-state index contributed by atoms with van der Waals surface area (Å²) < 4.78 is 0. The smallest absolute Gasteiger partial charge is 0.0960 e. The minimum absolute atomic E-state index is 0.546. The number of nitrogens with zero attached hydrogens (tertiary/aromatic N) is 1. The molecule has 0 amide bonds. The van der Waals surface area contributed by atoms with Gasteiger partial charge in [0.15, 0.2) is 0 Å². The molecule has 1 aliphatic rings. The van der Waals surface area contributed by atoms with Gasteiger partial charge in [-0.15, -0.1) is 0 Å². The molecule has 0 bridgehead atoms. The number of hydrogen-bond acceptors (Lipinski definition) is 1. The molecule has 0 aromatic carbocycles. The monoisotopic (exact) mass is 154 g/mol. The molecule has 2 heteroatoms. The van der Waals surface area contributed by atoms with Crippen LogP contribution < -0.4 is 0 Å². The molecule has 1 aliphatic heterocycles. The molecule has 1 N–H and O–H groups in total. The summed E-state index contributed by atoms with van der Waals surface area (Å²) in [7, 11) is 0. The Morgan fingerprint density at radius 3 is 2.36 bits per heavy atom. The standard InChI is InChI=1S/C9H18N2/c1-7(2)8(3)11-6-4-5-9(11)10/h7-8,10H,4-6H2,1-3H3. The van der Waals surface area contributed by atoms with Crippen LogP contribution in [0.25, 0.3) is 0 Å². The van der Waals surface area contributed by atoms with Gasteiger partial charge in [-0.2, -0.15) is 0 Å². The van der Waals surface area contributed by atoms with Crippen molar-refractivity contribution in [3.63, 3.8) is 0 Å². The van der Waals surface area contributed by atoms with Crippen LogP contribution in [0.4, 0.5) is 0 Å². The van der Waals surface area contributed by atoms with Crippen molar-refractivity contribution in [2.24, 2.45) is 5.92 Å². The normalized spacial score (nSPS) is 21.5. The maximum atomic E-state index is 7.66. The lowest BCUT2D eigenvalue weighted by Gasteiger charge is -2.29. The minimum atomic E-state index is 0.546. The molecule has 64 valence electrons. The molecule has 1 atom stereocenters. The second-order valence-electron chi connectivity index (χ2n) is 3.73. The molecule has 0 aromatic rings. The van der Waals surface area contributed by atoms with Gasteiger partial charge in [-0.05, 0) is 19.3 Å². The average molecular weight is 154 g/mol. The highest BCUT2D eigenvalue weighted by molar-refractivity contribution is 5.81. The number of hydrogen-bond donors (Lipinski definition) is 1. The van der Waals surface area contributed by atoms with Gasteiger partial charge < -0.3 is 4.90 Å². The van der Waals surface area contributed by atoms with Crippen molar-refractivity contribution in [2.45, 2.75) is 39.7 Å². The van der Waals surface area contributed by atoms with E-state index in [2.05, 4.69) is 25.7 Å². The van der Waals surface area contributed by atoms with E-state index < -0.39 is 0 Å². The summed E-state index contributed by atoms with van der Waals surface area (Å²) in [4.78, 5) is 2.23. The van der Waals surface area contributed by atoms with Crippen molar-refractivity contribution in [3.8, 4) is 0 Å². The fourth-order valence-corrected chi connectivity index (χ4v) is 1.50. The molecule has 0 aliphatic carbocycles. The first-order valence-electron chi connectivity index (χ1n) is 4.47. The zero-order valence-corrected chi connectivity index (χ0v) is 7.72. The fourth-order valence-electron chi connectivity index (χ4n) is 1.50. The second-order valence-corrected chi connectivity index (χ2v) is 3.73. The van der Waals surface area contributed by atoms with Crippen LogP contribution in [0.5, 0.6) is 0 Å². The fraction of sp³-hybridized carbons (Fsp3) is 0.889. The summed E-state index contributed by atoms with van der Waals surface area (Å²) in [6.45, 7) is 7.75. The first-order valence-corrected chi connectivity index (χ1v) is 4.47. The van der Waals surface area contributed by atoms with Crippen LogP contribution in [0.2, 0.25) is 0 Å². The molecule has 0 spiro atoms. The van der Waals surface area contributed by atoms with Gasteiger partial charge in [-0.3, -0.25) is 5.41 Å². The molecular weight excluding hydrogens is 136 g/mol. The number of rotatable bonds is 2. The highest BCUT2D eigenvalue weighted by atomic mass is 15.2. The van der Waals surface area contributed by atoms with E-state index >= 15 is 0 Å². The molecule has 1 rings (SSSR count). The first kappa shape index (κ1) is 8.57. The third-order valence-corrected chi connectivity index (χ3v) is 2.62. The third-order valence-electron chi connectivity index (χ3n) is 2.62. The van der Waals surface area contributed by atoms with Crippen molar-refractivity contribution in [1.82, 2.24) is 4.90 Å². The van der Waals surface area contributed by atoms with E-state index in [-0.39, 0.29) is 0 Å².